The Kier molecular flexibility index (Phi) is 6.02. The molecule has 1 aromatic heterocycles. The number of aryl methyl sites for hydroxylation is 1. The predicted molar refractivity (Wildman–Crippen MR) is 114 cm³/mol. The molecule has 11 heteroatoms. The first kappa shape index (κ1) is 23.0. The van der Waals surface area contributed by atoms with E-state index in [-0.39, 0.29) is 23.2 Å². The number of nitrogens with one attached hydrogen (secondary N) is 2. The topological polar surface area (TPSA) is 93.1 Å². The molecular formula is C22H21F3N4O3S. The van der Waals surface area contributed by atoms with Gasteiger partial charge in [0.05, 0.1) is 22.3 Å². The van der Waals surface area contributed by atoms with Crippen molar-refractivity contribution in [2.75, 3.05) is 0 Å². The third-order valence-corrected chi connectivity index (χ3v) is 6.75. The molecule has 0 aliphatic heterocycles. The first-order valence-electron chi connectivity index (χ1n) is 10.2. The number of rotatable bonds is 7. The second kappa shape index (κ2) is 8.64. The van der Waals surface area contributed by atoms with Gasteiger partial charge >= 0.3 is 6.18 Å². The summed E-state index contributed by atoms with van der Waals surface area (Å²) in [6, 6.07) is 12.2. The lowest BCUT2D eigenvalue weighted by Gasteiger charge is -2.14. The van der Waals surface area contributed by atoms with Gasteiger partial charge in [-0.25, -0.2) is 17.8 Å². The quantitative estimate of drug-likeness (QED) is 0.543. The van der Waals surface area contributed by atoms with Crippen LogP contribution in [0.25, 0.3) is 5.69 Å². The zero-order valence-electron chi connectivity index (χ0n) is 17.6. The highest BCUT2D eigenvalue weighted by molar-refractivity contribution is 7.89. The summed E-state index contributed by atoms with van der Waals surface area (Å²) in [6.07, 6.45) is -2.30. The molecule has 2 aromatic carbocycles. The Bertz CT molecular complexity index is 1280. The van der Waals surface area contributed by atoms with E-state index in [0.717, 1.165) is 23.7 Å². The molecule has 1 fully saturated rings. The van der Waals surface area contributed by atoms with E-state index in [9.17, 15) is 26.4 Å². The Balaban J connectivity index is 1.51. The number of halogens is 3. The van der Waals surface area contributed by atoms with Gasteiger partial charge in [0.25, 0.3) is 5.91 Å². The second-order valence-corrected chi connectivity index (χ2v) is 9.54. The maximum Gasteiger partial charge on any atom is 0.434 e. The number of benzene rings is 2. The Morgan fingerprint density at radius 2 is 1.79 bits per heavy atom. The summed E-state index contributed by atoms with van der Waals surface area (Å²) in [6.45, 7) is 1.57. The third kappa shape index (κ3) is 5.09. The van der Waals surface area contributed by atoms with Crippen molar-refractivity contribution in [1.29, 1.82) is 0 Å². The number of hydrogen-bond acceptors (Lipinski definition) is 4. The molecule has 1 heterocycles. The largest absolute Gasteiger partial charge is 0.434 e. The molecule has 0 unspecified atom stereocenters. The van der Waals surface area contributed by atoms with Crippen molar-refractivity contribution in [2.24, 2.45) is 0 Å². The summed E-state index contributed by atoms with van der Waals surface area (Å²) < 4.78 is 69.2. The average Bonchev–Trinajstić information content (AvgIpc) is 3.44. The van der Waals surface area contributed by atoms with Gasteiger partial charge in [0.1, 0.15) is 0 Å². The molecule has 7 nitrogen and oxygen atoms in total. The highest BCUT2D eigenvalue weighted by Crippen LogP contribution is 2.34. The van der Waals surface area contributed by atoms with Crippen LogP contribution in [0.2, 0.25) is 0 Å². The van der Waals surface area contributed by atoms with E-state index in [2.05, 4.69) is 15.1 Å². The molecule has 0 atom stereocenters. The summed E-state index contributed by atoms with van der Waals surface area (Å²) in [5, 5.41) is 6.27. The van der Waals surface area contributed by atoms with Gasteiger partial charge in [-0.15, -0.1) is 0 Å². The fourth-order valence-corrected chi connectivity index (χ4v) is 4.63. The van der Waals surface area contributed by atoms with Crippen molar-refractivity contribution < 1.29 is 26.4 Å². The van der Waals surface area contributed by atoms with Crippen LogP contribution >= 0.6 is 0 Å². The molecule has 1 aliphatic carbocycles. The highest BCUT2D eigenvalue weighted by Gasteiger charge is 2.40. The zero-order valence-corrected chi connectivity index (χ0v) is 18.4. The van der Waals surface area contributed by atoms with Crippen LogP contribution < -0.4 is 10.0 Å². The lowest BCUT2D eigenvalue weighted by Crippen LogP contribution is -2.27. The number of carbonyl (C=O) groups is 1. The van der Waals surface area contributed by atoms with Crippen LogP contribution in [0.1, 0.15) is 40.0 Å². The molecule has 1 amide bonds. The second-order valence-electron chi connectivity index (χ2n) is 7.83. The first-order valence-corrected chi connectivity index (χ1v) is 11.7. The van der Waals surface area contributed by atoms with E-state index in [1.165, 1.54) is 30.3 Å². The molecule has 0 saturated heterocycles. The molecule has 4 rings (SSSR count). The van der Waals surface area contributed by atoms with Gasteiger partial charge in [-0.3, -0.25) is 4.79 Å². The first-order chi connectivity index (χ1) is 15.6. The van der Waals surface area contributed by atoms with Crippen molar-refractivity contribution >= 4 is 15.9 Å². The molecule has 33 heavy (non-hydrogen) atoms. The molecule has 1 saturated carbocycles. The summed E-state index contributed by atoms with van der Waals surface area (Å²) in [5.74, 6) is -0.936. The Morgan fingerprint density at radius 1 is 1.12 bits per heavy atom. The normalized spacial score (nSPS) is 14.3. The maximum absolute atomic E-state index is 13.8. The highest BCUT2D eigenvalue weighted by atomic mass is 32.2. The standard InChI is InChI=1S/C22H21F3N4O3S/c1-14-4-2-3-5-19(14)29-20(22(23,24)25)18(13-27-29)21(30)26-12-15-6-10-17(11-7-15)33(31,32)28-16-8-9-16/h2-7,10-11,13,16,28H,8-9,12H2,1H3,(H,26,30). The number of para-hydroxylation sites is 1. The van der Waals surface area contributed by atoms with Gasteiger partial charge in [0.15, 0.2) is 5.69 Å². The molecule has 3 aromatic rings. The van der Waals surface area contributed by atoms with Crippen LogP contribution in [-0.2, 0) is 22.7 Å². The van der Waals surface area contributed by atoms with Gasteiger partial charge in [-0.2, -0.15) is 18.3 Å². The van der Waals surface area contributed by atoms with E-state index in [1.54, 1.807) is 25.1 Å². The SMILES string of the molecule is Cc1ccccc1-n1ncc(C(=O)NCc2ccc(S(=O)(=O)NC3CC3)cc2)c1C(F)(F)F. The smallest absolute Gasteiger partial charge is 0.348 e. The average molecular weight is 478 g/mol. The van der Waals surface area contributed by atoms with Crippen molar-refractivity contribution in [3.63, 3.8) is 0 Å². The monoisotopic (exact) mass is 478 g/mol. The van der Waals surface area contributed by atoms with Gasteiger partial charge < -0.3 is 5.32 Å². The molecule has 174 valence electrons. The van der Waals surface area contributed by atoms with Crippen LogP contribution in [-0.4, -0.2) is 30.1 Å². The summed E-state index contributed by atoms with van der Waals surface area (Å²) in [7, 11) is -3.61. The van der Waals surface area contributed by atoms with Crippen molar-refractivity contribution in [3.8, 4) is 5.69 Å². The predicted octanol–water partition coefficient (Wildman–Crippen LogP) is 3.57. The minimum atomic E-state index is -4.81. The molecule has 1 aliphatic rings. The minimum Gasteiger partial charge on any atom is -0.348 e. The van der Waals surface area contributed by atoms with E-state index >= 15 is 0 Å². The van der Waals surface area contributed by atoms with Gasteiger partial charge in [-0.05, 0) is 49.1 Å². The maximum atomic E-state index is 13.8. The van der Waals surface area contributed by atoms with Gasteiger partial charge in [-0.1, -0.05) is 30.3 Å². The van der Waals surface area contributed by atoms with Crippen LogP contribution in [0.4, 0.5) is 13.2 Å². The summed E-state index contributed by atoms with van der Waals surface area (Å²) in [4.78, 5) is 12.7. The molecule has 0 radical (unpaired) electrons. The van der Waals surface area contributed by atoms with Crippen LogP contribution in [0.5, 0.6) is 0 Å². The van der Waals surface area contributed by atoms with Crippen LogP contribution in [0, 0.1) is 6.92 Å². The Labute approximate surface area is 188 Å². The summed E-state index contributed by atoms with van der Waals surface area (Å²) >= 11 is 0. The van der Waals surface area contributed by atoms with Crippen molar-refractivity contribution in [2.45, 2.75) is 43.4 Å². The number of amides is 1. The van der Waals surface area contributed by atoms with Crippen molar-refractivity contribution in [1.82, 2.24) is 19.8 Å². The lowest BCUT2D eigenvalue weighted by atomic mass is 10.1. The minimum absolute atomic E-state index is 0.0302. The van der Waals surface area contributed by atoms with E-state index in [0.29, 0.717) is 11.1 Å². The molecule has 2 N–H and O–H groups in total. The fourth-order valence-electron chi connectivity index (χ4n) is 3.32. The van der Waals surface area contributed by atoms with Gasteiger partial charge in [0, 0.05) is 12.6 Å². The lowest BCUT2D eigenvalue weighted by molar-refractivity contribution is -0.143. The number of alkyl halides is 3. The fraction of sp³-hybridized carbons (Fsp3) is 0.273. The molecule has 0 bridgehead atoms. The summed E-state index contributed by atoms with van der Waals surface area (Å²) in [5.41, 5.74) is -0.432. The van der Waals surface area contributed by atoms with Crippen LogP contribution in [0.3, 0.4) is 0 Å². The number of aromatic nitrogens is 2. The molecule has 0 spiro atoms. The van der Waals surface area contributed by atoms with E-state index in [1.807, 2.05) is 0 Å². The Hall–Kier alpha value is -3.18. The molecular weight excluding hydrogens is 457 g/mol. The number of carbonyl (C=O) groups excluding carboxylic acids is 1. The Morgan fingerprint density at radius 3 is 2.39 bits per heavy atom. The number of nitrogens with zero attached hydrogens (tertiary/aromatic N) is 2. The van der Waals surface area contributed by atoms with Crippen LogP contribution in [0.15, 0.2) is 59.6 Å². The van der Waals surface area contributed by atoms with Gasteiger partial charge in [0.2, 0.25) is 10.0 Å². The van der Waals surface area contributed by atoms with E-state index < -0.39 is 33.4 Å². The van der Waals surface area contributed by atoms with E-state index in [4.69, 9.17) is 0 Å². The third-order valence-electron chi connectivity index (χ3n) is 5.21. The van der Waals surface area contributed by atoms with Crippen molar-refractivity contribution in [3.05, 3.63) is 77.1 Å². The zero-order chi connectivity index (χ0) is 23.8. The number of hydrogen-bond donors (Lipinski definition) is 2. The number of sulfonamides is 1.